The maximum atomic E-state index is 9.14. The van der Waals surface area contributed by atoms with Crippen LogP contribution in [0.3, 0.4) is 0 Å². The normalized spacial score (nSPS) is 35.3. The Labute approximate surface area is 123 Å². The van der Waals surface area contributed by atoms with Gasteiger partial charge >= 0.3 is 0 Å². The molecule has 4 N–H and O–H groups in total. The van der Waals surface area contributed by atoms with E-state index >= 15 is 0 Å². The second kappa shape index (κ2) is 11.3. The van der Waals surface area contributed by atoms with Crippen molar-refractivity contribution in [2.75, 3.05) is 26.2 Å². The summed E-state index contributed by atoms with van der Waals surface area (Å²) >= 11 is 0. The first kappa shape index (κ1) is 20.7. The zero-order chi connectivity index (χ0) is 12.0. The molecule has 0 unspecified atom stereocenters. The fraction of sp³-hybridized carbons (Fsp3) is 1.00. The lowest BCUT2D eigenvalue weighted by atomic mass is 9.99. The highest BCUT2D eigenvalue weighted by Gasteiger charge is 2.17. The molecule has 4 nitrogen and oxygen atoms in total. The third-order valence-electron chi connectivity index (χ3n) is 3.48. The number of rotatable bonds is 0. The molecule has 18 heavy (non-hydrogen) atoms. The first-order valence-electron chi connectivity index (χ1n) is 6.38. The van der Waals surface area contributed by atoms with Crippen molar-refractivity contribution in [2.24, 2.45) is 11.8 Å². The number of halogens is 2. The largest absolute Gasteiger partial charge is 0.393 e. The molecule has 2 heterocycles. The van der Waals surface area contributed by atoms with Gasteiger partial charge in [0.15, 0.2) is 0 Å². The molecule has 2 rings (SSSR count). The summed E-state index contributed by atoms with van der Waals surface area (Å²) in [5.41, 5.74) is 0. The van der Waals surface area contributed by atoms with E-state index in [-0.39, 0.29) is 37.0 Å². The van der Waals surface area contributed by atoms with Gasteiger partial charge in [0.25, 0.3) is 0 Å². The van der Waals surface area contributed by atoms with Crippen LogP contribution in [-0.4, -0.2) is 48.6 Å². The van der Waals surface area contributed by atoms with Gasteiger partial charge in [-0.3, -0.25) is 0 Å². The standard InChI is InChI=1S/2C6H13NO.2ClH/c2*1-5-4-7-3-2-6(5)8;;/h2*5-8H,2-4H2,1H3;2*1H/t2*5-,6+;;/m10../s1. The van der Waals surface area contributed by atoms with Gasteiger partial charge in [-0.25, -0.2) is 0 Å². The summed E-state index contributed by atoms with van der Waals surface area (Å²) in [7, 11) is 0. The molecule has 0 bridgehead atoms. The molecule has 0 amide bonds. The minimum atomic E-state index is -0.0590. The second-order valence-corrected chi connectivity index (χ2v) is 5.07. The van der Waals surface area contributed by atoms with Gasteiger partial charge in [-0.2, -0.15) is 0 Å². The van der Waals surface area contributed by atoms with E-state index in [9.17, 15) is 0 Å². The van der Waals surface area contributed by atoms with Crippen molar-refractivity contribution < 1.29 is 10.2 Å². The summed E-state index contributed by atoms with van der Waals surface area (Å²) in [6.45, 7) is 8.03. The van der Waals surface area contributed by atoms with Gasteiger partial charge in [0, 0.05) is 13.1 Å². The molecular formula is C12H28Cl2N2O2. The van der Waals surface area contributed by atoms with E-state index in [1.165, 1.54) is 0 Å². The van der Waals surface area contributed by atoms with Crippen LogP contribution in [-0.2, 0) is 0 Å². The quantitative estimate of drug-likeness (QED) is 0.534. The van der Waals surface area contributed by atoms with Crippen LogP contribution < -0.4 is 10.6 Å². The van der Waals surface area contributed by atoms with E-state index in [2.05, 4.69) is 24.5 Å². The molecule has 2 aliphatic rings. The summed E-state index contributed by atoms with van der Waals surface area (Å²) in [4.78, 5) is 0. The van der Waals surface area contributed by atoms with Crippen LogP contribution in [0.5, 0.6) is 0 Å². The highest BCUT2D eigenvalue weighted by atomic mass is 35.5. The number of aliphatic hydroxyl groups is 2. The van der Waals surface area contributed by atoms with Crippen LogP contribution in [0.15, 0.2) is 0 Å². The van der Waals surface area contributed by atoms with Crippen LogP contribution in [0.4, 0.5) is 0 Å². The number of nitrogens with one attached hydrogen (secondary N) is 2. The second-order valence-electron chi connectivity index (χ2n) is 5.07. The number of hydrogen-bond acceptors (Lipinski definition) is 4. The molecular weight excluding hydrogens is 275 g/mol. The van der Waals surface area contributed by atoms with E-state index < -0.39 is 0 Å². The highest BCUT2D eigenvalue weighted by molar-refractivity contribution is 5.85. The molecule has 0 aromatic rings. The lowest BCUT2D eigenvalue weighted by Crippen LogP contribution is -2.38. The Morgan fingerprint density at radius 2 is 1.11 bits per heavy atom. The van der Waals surface area contributed by atoms with E-state index in [0.29, 0.717) is 11.8 Å². The van der Waals surface area contributed by atoms with E-state index in [1.54, 1.807) is 0 Å². The highest BCUT2D eigenvalue weighted by Crippen LogP contribution is 2.09. The third-order valence-corrected chi connectivity index (χ3v) is 3.48. The smallest absolute Gasteiger partial charge is 0.0590 e. The maximum absolute atomic E-state index is 9.14. The van der Waals surface area contributed by atoms with Crippen LogP contribution in [0.1, 0.15) is 26.7 Å². The molecule has 0 aromatic carbocycles. The van der Waals surface area contributed by atoms with Crippen LogP contribution >= 0.6 is 24.8 Å². The van der Waals surface area contributed by atoms with Crippen molar-refractivity contribution in [3.63, 3.8) is 0 Å². The first-order chi connectivity index (χ1) is 7.61. The molecule has 0 saturated carbocycles. The predicted molar refractivity (Wildman–Crippen MR) is 79.8 cm³/mol. The van der Waals surface area contributed by atoms with Crippen LogP contribution in [0, 0.1) is 11.8 Å². The van der Waals surface area contributed by atoms with Gasteiger partial charge in [0.2, 0.25) is 0 Å². The number of hydrogen-bond donors (Lipinski definition) is 4. The topological polar surface area (TPSA) is 64.5 Å². The predicted octanol–water partition coefficient (Wildman–Crippen LogP) is 0.797. The van der Waals surface area contributed by atoms with Gasteiger partial charge in [-0.05, 0) is 37.8 Å². The molecule has 0 radical (unpaired) electrons. The van der Waals surface area contributed by atoms with Gasteiger partial charge in [-0.1, -0.05) is 13.8 Å². The van der Waals surface area contributed by atoms with E-state index in [1.807, 2.05) is 0 Å². The van der Waals surface area contributed by atoms with Crippen molar-refractivity contribution >= 4 is 24.8 Å². The summed E-state index contributed by atoms with van der Waals surface area (Å²) < 4.78 is 0. The lowest BCUT2D eigenvalue weighted by molar-refractivity contribution is 0.0880. The third kappa shape index (κ3) is 7.77. The Morgan fingerprint density at radius 3 is 1.28 bits per heavy atom. The lowest BCUT2D eigenvalue weighted by Gasteiger charge is -2.24. The maximum Gasteiger partial charge on any atom is 0.0590 e. The zero-order valence-electron chi connectivity index (χ0n) is 11.3. The molecule has 0 spiro atoms. The van der Waals surface area contributed by atoms with Crippen LogP contribution in [0.25, 0.3) is 0 Å². The molecule has 4 atom stereocenters. The molecule has 2 fully saturated rings. The molecule has 6 heteroatoms. The first-order valence-corrected chi connectivity index (χ1v) is 6.38. The molecule has 0 aliphatic carbocycles. The van der Waals surface area contributed by atoms with Crippen molar-refractivity contribution in [3.05, 3.63) is 0 Å². The van der Waals surface area contributed by atoms with Crippen molar-refractivity contribution in [2.45, 2.75) is 38.9 Å². The molecule has 2 saturated heterocycles. The Kier molecular flexibility index (Phi) is 13.0. The van der Waals surface area contributed by atoms with E-state index in [4.69, 9.17) is 10.2 Å². The summed E-state index contributed by atoms with van der Waals surface area (Å²) in [5, 5.41) is 24.7. The Bertz CT molecular complexity index is 159. The Morgan fingerprint density at radius 1 is 0.778 bits per heavy atom. The molecule has 2 aliphatic heterocycles. The average molecular weight is 303 g/mol. The minimum absolute atomic E-state index is 0. The SMILES string of the molecule is C[C@@H]1CNCC[C@@H]1O.C[C@H]1CNCC[C@H]1O.Cl.Cl. The fourth-order valence-electron chi connectivity index (χ4n) is 2.00. The van der Waals surface area contributed by atoms with Gasteiger partial charge in [0.1, 0.15) is 0 Å². The molecule has 112 valence electrons. The van der Waals surface area contributed by atoms with Gasteiger partial charge in [0.05, 0.1) is 12.2 Å². The van der Waals surface area contributed by atoms with E-state index in [0.717, 1.165) is 39.0 Å². The van der Waals surface area contributed by atoms with Gasteiger partial charge < -0.3 is 20.8 Å². The summed E-state index contributed by atoms with van der Waals surface area (Å²) in [6, 6.07) is 0. The zero-order valence-corrected chi connectivity index (χ0v) is 12.9. The monoisotopic (exact) mass is 302 g/mol. The fourth-order valence-corrected chi connectivity index (χ4v) is 2.00. The Hall–Kier alpha value is 0.420. The van der Waals surface area contributed by atoms with Crippen LogP contribution in [0.2, 0.25) is 0 Å². The van der Waals surface area contributed by atoms with Crippen molar-refractivity contribution in [3.8, 4) is 0 Å². The van der Waals surface area contributed by atoms with Gasteiger partial charge in [-0.15, -0.1) is 24.8 Å². The minimum Gasteiger partial charge on any atom is -0.393 e. The number of aliphatic hydroxyl groups excluding tert-OH is 2. The summed E-state index contributed by atoms with van der Waals surface area (Å²) in [6.07, 6.45) is 1.72. The average Bonchev–Trinajstić information content (AvgIpc) is 2.28. The Balaban J connectivity index is 0. The molecule has 0 aromatic heterocycles. The van der Waals surface area contributed by atoms with Crippen molar-refractivity contribution in [1.82, 2.24) is 10.6 Å². The summed E-state index contributed by atoms with van der Waals surface area (Å²) in [5.74, 6) is 0.896. The van der Waals surface area contributed by atoms with Crippen molar-refractivity contribution in [1.29, 1.82) is 0 Å². The number of piperidine rings is 2.